The van der Waals surface area contributed by atoms with E-state index in [1.807, 2.05) is 0 Å². The molecule has 1 saturated carbocycles. The lowest BCUT2D eigenvalue weighted by Crippen LogP contribution is -2.51. The van der Waals surface area contributed by atoms with Crippen LogP contribution in [0.5, 0.6) is 0 Å². The number of aliphatic hydroxyl groups is 1. The zero-order valence-electron chi connectivity index (χ0n) is 11.7. The number of hydrogen-bond acceptors (Lipinski definition) is 2. The van der Waals surface area contributed by atoms with E-state index >= 15 is 0 Å². The SMILES string of the molecule is CC(C)[Si](OC1(CO)CC1)(C(C)C)C(C)C. The van der Waals surface area contributed by atoms with Crippen LogP contribution in [0.1, 0.15) is 54.4 Å². The highest BCUT2D eigenvalue weighted by atomic mass is 28.4. The molecule has 0 radical (unpaired) electrons. The van der Waals surface area contributed by atoms with Gasteiger partial charge in [0.1, 0.15) is 0 Å². The van der Waals surface area contributed by atoms with Crippen LogP contribution in [-0.2, 0) is 4.43 Å². The second-order valence-electron chi connectivity index (χ2n) is 6.26. The van der Waals surface area contributed by atoms with Crippen molar-refractivity contribution < 1.29 is 9.53 Å². The van der Waals surface area contributed by atoms with Crippen LogP contribution in [0.25, 0.3) is 0 Å². The van der Waals surface area contributed by atoms with Gasteiger partial charge in [-0.15, -0.1) is 0 Å². The summed E-state index contributed by atoms with van der Waals surface area (Å²) in [6, 6.07) is 0. The first-order valence-corrected chi connectivity index (χ1v) is 8.76. The minimum absolute atomic E-state index is 0.162. The fraction of sp³-hybridized carbons (Fsp3) is 1.00. The van der Waals surface area contributed by atoms with Gasteiger partial charge in [0.05, 0.1) is 12.2 Å². The molecule has 0 unspecified atom stereocenters. The van der Waals surface area contributed by atoms with Gasteiger partial charge in [-0.05, 0) is 29.5 Å². The van der Waals surface area contributed by atoms with Crippen molar-refractivity contribution in [2.45, 2.75) is 76.6 Å². The Bertz CT molecular complexity index is 210. The molecule has 2 nitrogen and oxygen atoms in total. The van der Waals surface area contributed by atoms with Crippen LogP contribution in [0.3, 0.4) is 0 Å². The molecule has 0 aromatic carbocycles. The smallest absolute Gasteiger partial charge is 0.201 e. The molecule has 1 aliphatic rings. The van der Waals surface area contributed by atoms with E-state index in [1.54, 1.807) is 0 Å². The maximum Gasteiger partial charge on any atom is 0.201 e. The summed E-state index contributed by atoms with van der Waals surface area (Å²) in [5.41, 5.74) is 1.66. The minimum atomic E-state index is -1.78. The predicted octanol–water partition coefficient (Wildman–Crippen LogP) is 3.70. The van der Waals surface area contributed by atoms with Gasteiger partial charge in [-0.1, -0.05) is 41.5 Å². The quantitative estimate of drug-likeness (QED) is 0.722. The van der Waals surface area contributed by atoms with E-state index in [-0.39, 0.29) is 12.2 Å². The van der Waals surface area contributed by atoms with E-state index in [0.29, 0.717) is 16.6 Å². The Kier molecular flexibility index (Phi) is 4.25. The maximum atomic E-state index is 9.46. The highest BCUT2D eigenvalue weighted by molar-refractivity contribution is 6.77. The summed E-state index contributed by atoms with van der Waals surface area (Å²) in [6.07, 6.45) is 2.09. The lowest BCUT2D eigenvalue weighted by molar-refractivity contribution is 0.0784. The third-order valence-corrected chi connectivity index (χ3v) is 10.4. The normalized spacial score (nSPS) is 19.9. The third kappa shape index (κ3) is 2.36. The van der Waals surface area contributed by atoms with Crippen LogP contribution in [-0.4, -0.2) is 25.6 Å². The van der Waals surface area contributed by atoms with Crippen molar-refractivity contribution in [2.24, 2.45) is 0 Å². The number of aliphatic hydroxyl groups excluding tert-OH is 1. The highest BCUT2D eigenvalue weighted by Gasteiger charge is 2.54. The molecule has 96 valence electrons. The molecular formula is C13H28O2Si. The molecule has 0 aliphatic heterocycles. The van der Waals surface area contributed by atoms with Gasteiger partial charge >= 0.3 is 0 Å². The van der Waals surface area contributed by atoms with Crippen molar-refractivity contribution in [3.63, 3.8) is 0 Å². The van der Waals surface area contributed by atoms with Crippen molar-refractivity contribution in [1.82, 2.24) is 0 Å². The van der Waals surface area contributed by atoms with Crippen LogP contribution in [0.4, 0.5) is 0 Å². The summed E-state index contributed by atoms with van der Waals surface area (Å²) < 4.78 is 6.56. The van der Waals surface area contributed by atoms with Gasteiger partial charge in [0.25, 0.3) is 0 Å². The monoisotopic (exact) mass is 244 g/mol. The van der Waals surface area contributed by atoms with Crippen molar-refractivity contribution >= 4 is 8.32 Å². The van der Waals surface area contributed by atoms with Crippen LogP contribution >= 0.6 is 0 Å². The molecule has 1 rings (SSSR count). The van der Waals surface area contributed by atoms with Crippen molar-refractivity contribution in [3.05, 3.63) is 0 Å². The molecule has 1 fully saturated rings. The Morgan fingerprint density at radius 1 is 1.00 bits per heavy atom. The van der Waals surface area contributed by atoms with Gasteiger partial charge in [0.2, 0.25) is 8.32 Å². The van der Waals surface area contributed by atoms with E-state index in [4.69, 9.17) is 4.43 Å². The predicted molar refractivity (Wildman–Crippen MR) is 71.2 cm³/mol. The molecule has 3 heteroatoms. The van der Waals surface area contributed by atoms with Gasteiger partial charge < -0.3 is 9.53 Å². The summed E-state index contributed by atoms with van der Waals surface area (Å²) in [6.45, 7) is 14.0. The van der Waals surface area contributed by atoms with Crippen molar-refractivity contribution in [3.8, 4) is 0 Å². The molecule has 0 atom stereocenters. The molecule has 0 aromatic heterocycles. The molecule has 16 heavy (non-hydrogen) atoms. The molecule has 1 N–H and O–H groups in total. The van der Waals surface area contributed by atoms with Crippen LogP contribution in [0.2, 0.25) is 16.6 Å². The number of rotatable bonds is 6. The average Bonchev–Trinajstić information content (AvgIpc) is 2.93. The zero-order valence-corrected chi connectivity index (χ0v) is 12.7. The van der Waals surface area contributed by atoms with E-state index in [9.17, 15) is 5.11 Å². The second kappa shape index (κ2) is 4.79. The van der Waals surface area contributed by atoms with Crippen LogP contribution in [0, 0.1) is 0 Å². The second-order valence-corrected chi connectivity index (χ2v) is 11.6. The standard InChI is InChI=1S/C13H28O2Si/c1-10(2)16(11(3)4,12(5)6)15-13(9-14)7-8-13/h10-12,14H,7-9H2,1-6H3. The Balaban J connectivity index is 2.93. The Morgan fingerprint density at radius 3 is 1.56 bits per heavy atom. The van der Waals surface area contributed by atoms with Gasteiger partial charge in [-0.2, -0.15) is 0 Å². The lowest BCUT2D eigenvalue weighted by atomic mass is 10.4. The molecule has 0 aromatic rings. The van der Waals surface area contributed by atoms with Crippen LogP contribution in [0.15, 0.2) is 0 Å². The molecule has 0 heterocycles. The first kappa shape index (κ1) is 14.2. The lowest BCUT2D eigenvalue weighted by Gasteiger charge is -2.44. The molecule has 0 bridgehead atoms. The largest absolute Gasteiger partial charge is 0.408 e. The van der Waals surface area contributed by atoms with E-state index in [1.165, 1.54) is 0 Å². The Morgan fingerprint density at radius 2 is 1.38 bits per heavy atom. The Labute approximate surface area is 102 Å². The first-order chi connectivity index (χ1) is 7.31. The van der Waals surface area contributed by atoms with Gasteiger partial charge in [0.15, 0.2) is 0 Å². The van der Waals surface area contributed by atoms with E-state index in [2.05, 4.69) is 41.5 Å². The average molecular weight is 244 g/mol. The van der Waals surface area contributed by atoms with Gasteiger partial charge in [0, 0.05) is 0 Å². The summed E-state index contributed by atoms with van der Waals surface area (Å²) in [5.74, 6) is 0. The third-order valence-electron chi connectivity index (χ3n) is 4.20. The Hall–Kier alpha value is 0.137. The molecular weight excluding hydrogens is 216 g/mol. The van der Waals surface area contributed by atoms with Gasteiger partial charge in [-0.3, -0.25) is 0 Å². The maximum absolute atomic E-state index is 9.46. The van der Waals surface area contributed by atoms with Crippen molar-refractivity contribution in [1.29, 1.82) is 0 Å². The fourth-order valence-corrected chi connectivity index (χ4v) is 8.89. The molecule has 0 spiro atoms. The topological polar surface area (TPSA) is 29.5 Å². The summed E-state index contributed by atoms with van der Waals surface area (Å²) >= 11 is 0. The number of hydrogen-bond donors (Lipinski definition) is 1. The molecule has 0 saturated heterocycles. The van der Waals surface area contributed by atoms with E-state index in [0.717, 1.165) is 12.8 Å². The molecule has 0 amide bonds. The zero-order chi connectivity index (χ0) is 12.6. The summed E-state index contributed by atoms with van der Waals surface area (Å²) in [5, 5.41) is 9.46. The highest BCUT2D eigenvalue weighted by Crippen LogP contribution is 2.50. The van der Waals surface area contributed by atoms with Gasteiger partial charge in [-0.25, -0.2) is 0 Å². The minimum Gasteiger partial charge on any atom is -0.408 e. The summed E-state index contributed by atoms with van der Waals surface area (Å²) in [7, 11) is -1.78. The summed E-state index contributed by atoms with van der Waals surface area (Å²) in [4.78, 5) is 0. The first-order valence-electron chi connectivity index (χ1n) is 6.62. The fourth-order valence-electron chi connectivity index (χ4n) is 3.16. The van der Waals surface area contributed by atoms with Crippen LogP contribution < -0.4 is 0 Å². The van der Waals surface area contributed by atoms with E-state index < -0.39 is 8.32 Å². The molecule has 1 aliphatic carbocycles. The van der Waals surface area contributed by atoms with Crippen molar-refractivity contribution in [2.75, 3.05) is 6.61 Å².